The van der Waals surface area contributed by atoms with Crippen LogP contribution >= 0.6 is 0 Å². The first-order valence-electron chi connectivity index (χ1n) is 6.56. The zero-order chi connectivity index (χ0) is 14.6. The number of hydrogen-bond donors (Lipinski definition) is 0. The second kappa shape index (κ2) is 6.24. The molecular formula is C15H21NO4. The lowest BCUT2D eigenvalue weighted by molar-refractivity contribution is -0.130. The Bertz CT molecular complexity index is 485. The highest BCUT2D eigenvalue weighted by molar-refractivity contribution is 5.63. The van der Waals surface area contributed by atoms with Gasteiger partial charge in [0.1, 0.15) is 17.6 Å². The second-order valence-corrected chi connectivity index (χ2v) is 5.03. The van der Waals surface area contributed by atoms with E-state index < -0.39 is 5.79 Å². The van der Waals surface area contributed by atoms with E-state index in [1.807, 2.05) is 32.0 Å². The van der Waals surface area contributed by atoms with Gasteiger partial charge in [-0.25, -0.2) is 0 Å². The molecule has 1 aromatic rings. The third-order valence-electron chi connectivity index (χ3n) is 3.06. The van der Waals surface area contributed by atoms with Gasteiger partial charge >= 0.3 is 0 Å². The lowest BCUT2D eigenvalue weighted by atomic mass is 10.2. The molecule has 0 amide bonds. The van der Waals surface area contributed by atoms with E-state index in [0.29, 0.717) is 13.2 Å². The Morgan fingerprint density at radius 3 is 2.75 bits per heavy atom. The number of hydrogen-bond acceptors (Lipinski definition) is 5. The molecule has 2 rings (SSSR count). The number of ether oxygens (including phenoxy) is 4. The van der Waals surface area contributed by atoms with E-state index >= 15 is 0 Å². The molecule has 5 nitrogen and oxygen atoms in total. The molecule has 1 atom stereocenters. The van der Waals surface area contributed by atoms with Gasteiger partial charge in [-0.2, -0.15) is 0 Å². The first-order chi connectivity index (χ1) is 9.54. The van der Waals surface area contributed by atoms with Crippen molar-refractivity contribution < 1.29 is 18.9 Å². The van der Waals surface area contributed by atoms with Crippen molar-refractivity contribution in [3.8, 4) is 11.5 Å². The highest BCUT2D eigenvalue weighted by atomic mass is 16.7. The van der Waals surface area contributed by atoms with Gasteiger partial charge in [0.25, 0.3) is 0 Å². The van der Waals surface area contributed by atoms with Crippen molar-refractivity contribution in [2.75, 3.05) is 20.8 Å². The van der Waals surface area contributed by atoms with Crippen LogP contribution in [0.15, 0.2) is 23.2 Å². The van der Waals surface area contributed by atoms with Crippen molar-refractivity contribution in [2.45, 2.75) is 32.3 Å². The summed E-state index contributed by atoms with van der Waals surface area (Å²) in [4.78, 5) is 4.40. The predicted octanol–water partition coefficient (Wildman–Crippen LogP) is 2.43. The minimum Gasteiger partial charge on any atom is -0.497 e. The molecule has 0 aromatic heterocycles. The molecule has 0 saturated carbocycles. The van der Waals surface area contributed by atoms with Gasteiger partial charge in [0, 0.05) is 17.8 Å². The largest absolute Gasteiger partial charge is 0.497 e. The maximum absolute atomic E-state index is 5.66. The Morgan fingerprint density at radius 1 is 1.35 bits per heavy atom. The summed E-state index contributed by atoms with van der Waals surface area (Å²) in [6, 6.07) is 5.69. The normalized spacial score (nSPS) is 21.3. The molecule has 1 saturated heterocycles. The van der Waals surface area contributed by atoms with Gasteiger partial charge in [-0.05, 0) is 26.0 Å². The maximum Gasteiger partial charge on any atom is 0.163 e. The van der Waals surface area contributed by atoms with E-state index in [-0.39, 0.29) is 6.10 Å². The van der Waals surface area contributed by atoms with E-state index in [9.17, 15) is 0 Å². The van der Waals surface area contributed by atoms with Crippen molar-refractivity contribution >= 4 is 6.21 Å². The zero-order valence-corrected chi connectivity index (χ0v) is 12.4. The van der Waals surface area contributed by atoms with Gasteiger partial charge in [-0.3, -0.25) is 4.99 Å². The molecule has 1 aliphatic rings. The highest BCUT2D eigenvalue weighted by Gasteiger charge is 2.31. The molecule has 1 fully saturated rings. The van der Waals surface area contributed by atoms with E-state index in [4.69, 9.17) is 18.9 Å². The summed E-state index contributed by atoms with van der Waals surface area (Å²) in [5.74, 6) is 1.02. The van der Waals surface area contributed by atoms with Crippen molar-refractivity contribution in [2.24, 2.45) is 4.99 Å². The van der Waals surface area contributed by atoms with Crippen LogP contribution in [0.4, 0.5) is 0 Å². The van der Waals surface area contributed by atoms with Gasteiger partial charge in [-0.1, -0.05) is 0 Å². The molecule has 0 unspecified atom stereocenters. The Hall–Kier alpha value is -1.59. The third-order valence-corrected chi connectivity index (χ3v) is 3.06. The quantitative estimate of drug-likeness (QED) is 0.777. The molecule has 110 valence electrons. The molecule has 0 bridgehead atoms. The Balaban J connectivity index is 1.97. The molecule has 0 N–H and O–H groups in total. The van der Waals surface area contributed by atoms with Crippen molar-refractivity contribution in [3.05, 3.63) is 23.8 Å². The molecule has 1 heterocycles. The molecule has 0 radical (unpaired) electrons. The smallest absolute Gasteiger partial charge is 0.163 e. The lowest BCUT2D eigenvalue weighted by Crippen LogP contribution is -2.21. The van der Waals surface area contributed by atoms with Gasteiger partial charge in [0.2, 0.25) is 0 Å². The fourth-order valence-electron chi connectivity index (χ4n) is 2.04. The highest BCUT2D eigenvalue weighted by Crippen LogP contribution is 2.25. The van der Waals surface area contributed by atoms with Crippen LogP contribution in [0.5, 0.6) is 11.5 Å². The van der Waals surface area contributed by atoms with Crippen LogP contribution in [0.25, 0.3) is 0 Å². The van der Waals surface area contributed by atoms with Crippen LogP contribution in [-0.4, -0.2) is 38.9 Å². The molecule has 20 heavy (non-hydrogen) atoms. The molecule has 5 heteroatoms. The van der Waals surface area contributed by atoms with Crippen molar-refractivity contribution in [1.29, 1.82) is 0 Å². The number of aliphatic imine (C=N–C) groups is 1. The first kappa shape index (κ1) is 14.8. The Morgan fingerprint density at radius 2 is 2.15 bits per heavy atom. The van der Waals surface area contributed by atoms with E-state index in [1.54, 1.807) is 20.4 Å². The average Bonchev–Trinajstić information content (AvgIpc) is 2.78. The fourth-order valence-corrected chi connectivity index (χ4v) is 2.04. The Kier molecular flexibility index (Phi) is 4.62. The van der Waals surface area contributed by atoms with Crippen molar-refractivity contribution in [1.82, 2.24) is 0 Å². The van der Waals surface area contributed by atoms with Crippen LogP contribution < -0.4 is 9.47 Å². The lowest BCUT2D eigenvalue weighted by Gasteiger charge is -2.15. The third kappa shape index (κ3) is 3.71. The summed E-state index contributed by atoms with van der Waals surface area (Å²) in [6.45, 7) is 4.87. The monoisotopic (exact) mass is 279 g/mol. The molecule has 1 aromatic carbocycles. The van der Waals surface area contributed by atoms with Crippen LogP contribution in [0, 0.1) is 0 Å². The standard InChI is InChI=1S/C15H21NO4/c1-15(2)19-10-13(20-15)9-16-8-11-5-6-12(17-3)7-14(11)18-4/h5-7,9,13H,8,10H2,1-4H3/t13-/m1/s1. The van der Waals surface area contributed by atoms with Crippen LogP contribution in [-0.2, 0) is 16.0 Å². The Labute approximate surface area is 119 Å². The average molecular weight is 279 g/mol. The van der Waals surface area contributed by atoms with Gasteiger partial charge < -0.3 is 18.9 Å². The SMILES string of the molecule is COc1ccc(CN=C[C@@H]2COC(C)(C)O2)c(OC)c1. The summed E-state index contributed by atoms with van der Waals surface area (Å²) in [5, 5.41) is 0. The number of nitrogens with zero attached hydrogens (tertiary/aromatic N) is 1. The van der Waals surface area contributed by atoms with Crippen LogP contribution in [0.3, 0.4) is 0 Å². The van der Waals surface area contributed by atoms with E-state index in [0.717, 1.165) is 17.1 Å². The topological polar surface area (TPSA) is 49.3 Å². The summed E-state index contributed by atoms with van der Waals surface area (Å²) >= 11 is 0. The minimum atomic E-state index is -0.519. The second-order valence-electron chi connectivity index (χ2n) is 5.03. The van der Waals surface area contributed by atoms with Gasteiger partial charge in [-0.15, -0.1) is 0 Å². The fraction of sp³-hybridized carbons (Fsp3) is 0.533. The summed E-state index contributed by atoms with van der Waals surface area (Å²) in [5.41, 5.74) is 1.00. The first-order valence-corrected chi connectivity index (χ1v) is 6.56. The van der Waals surface area contributed by atoms with Crippen LogP contribution in [0.2, 0.25) is 0 Å². The van der Waals surface area contributed by atoms with Crippen molar-refractivity contribution in [3.63, 3.8) is 0 Å². The molecule has 0 aliphatic carbocycles. The van der Waals surface area contributed by atoms with E-state index in [2.05, 4.69) is 4.99 Å². The van der Waals surface area contributed by atoms with Gasteiger partial charge in [0.05, 0.1) is 27.4 Å². The van der Waals surface area contributed by atoms with Crippen LogP contribution in [0.1, 0.15) is 19.4 Å². The number of benzene rings is 1. The maximum atomic E-state index is 5.66. The summed E-state index contributed by atoms with van der Waals surface area (Å²) < 4.78 is 21.6. The summed E-state index contributed by atoms with van der Waals surface area (Å²) in [7, 11) is 3.27. The molecule has 0 spiro atoms. The number of methoxy groups -OCH3 is 2. The summed E-state index contributed by atoms with van der Waals surface area (Å²) in [6.07, 6.45) is 1.70. The molecule has 1 aliphatic heterocycles. The minimum absolute atomic E-state index is 0.0887. The zero-order valence-electron chi connectivity index (χ0n) is 12.4. The van der Waals surface area contributed by atoms with Gasteiger partial charge in [0.15, 0.2) is 5.79 Å². The number of rotatable bonds is 5. The molecular weight excluding hydrogens is 258 g/mol. The predicted molar refractivity (Wildman–Crippen MR) is 76.6 cm³/mol. The van der Waals surface area contributed by atoms with E-state index in [1.165, 1.54) is 0 Å².